The van der Waals surface area contributed by atoms with Gasteiger partial charge < -0.3 is 9.74 Å². The number of hydroxylamine groups is 2. The molecule has 2 heterocycles. The maximum Gasteiger partial charge on any atom is 0.492 e. The first-order chi connectivity index (χ1) is 15.1. The van der Waals surface area contributed by atoms with Gasteiger partial charge in [0.25, 0.3) is 11.5 Å². The van der Waals surface area contributed by atoms with E-state index in [1.165, 1.54) is 17.0 Å². The van der Waals surface area contributed by atoms with E-state index in [-0.39, 0.29) is 43.7 Å². The smallest absolute Gasteiger partial charge is 0.361 e. The van der Waals surface area contributed by atoms with E-state index in [2.05, 4.69) is 15.0 Å². The number of piperazine rings is 1. The number of alkyl halides is 3. The lowest BCUT2D eigenvalue weighted by Crippen LogP contribution is -2.50. The van der Waals surface area contributed by atoms with Crippen LogP contribution in [0.15, 0.2) is 29.1 Å². The van der Waals surface area contributed by atoms with E-state index in [1.54, 1.807) is 6.07 Å². The van der Waals surface area contributed by atoms with Gasteiger partial charge in [-0.25, -0.2) is 14.3 Å². The van der Waals surface area contributed by atoms with Crippen LogP contribution in [0.25, 0.3) is 0 Å². The summed E-state index contributed by atoms with van der Waals surface area (Å²) in [5.74, 6) is -3.71. The van der Waals surface area contributed by atoms with Gasteiger partial charge in [-0.3, -0.25) is 9.59 Å². The van der Waals surface area contributed by atoms with E-state index in [0.717, 1.165) is 11.1 Å². The van der Waals surface area contributed by atoms with Gasteiger partial charge in [0.2, 0.25) is 0 Å². The Bertz CT molecular complexity index is 1060. The number of carbonyl (C=O) groups is 2. The van der Waals surface area contributed by atoms with Gasteiger partial charge in [-0.15, -0.1) is 5.06 Å². The molecule has 0 unspecified atom stereocenters. The third kappa shape index (κ3) is 5.49. The summed E-state index contributed by atoms with van der Waals surface area (Å²) in [4.78, 5) is 40.9. The molecule has 0 radical (unpaired) electrons. The molecule has 1 amide bonds. The zero-order valence-electron chi connectivity index (χ0n) is 17.0. The van der Waals surface area contributed by atoms with Crippen molar-refractivity contribution in [1.82, 2.24) is 20.2 Å². The van der Waals surface area contributed by atoms with Crippen LogP contribution in [-0.2, 0) is 22.5 Å². The first kappa shape index (κ1) is 23.4. The summed E-state index contributed by atoms with van der Waals surface area (Å²) in [7, 11) is 0. The summed E-state index contributed by atoms with van der Waals surface area (Å²) in [6, 6.07) is 5.67. The first-order valence-corrected chi connectivity index (χ1v) is 9.77. The van der Waals surface area contributed by atoms with E-state index in [0.29, 0.717) is 23.2 Å². The quantitative estimate of drug-likeness (QED) is 0.690. The molecular formula is C20H20F4N4O4. The summed E-state index contributed by atoms with van der Waals surface area (Å²) in [5.41, 5.74) is 1.22. The number of benzene rings is 1. The number of H-pyrrole nitrogens is 1. The maximum atomic E-state index is 14.3. The number of nitrogens with one attached hydrogen (secondary N) is 1. The molecular weight excluding hydrogens is 436 g/mol. The lowest BCUT2D eigenvalue weighted by atomic mass is 10.0. The number of hydrogen-bond donors (Lipinski definition) is 1. The Hall–Kier alpha value is -3.28. The number of amides is 1. The number of aromatic amines is 1. The van der Waals surface area contributed by atoms with Crippen molar-refractivity contribution in [3.8, 4) is 0 Å². The zero-order valence-corrected chi connectivity index (χ0v) is 17.0. The molecule has 2 aromatic rings. The largest absolute Gasteiger partial charge is 0.492 e. The molecule has 1 N–H and O–H groups in total. The molecule has 1 fully saturated rings. The number of halogens is 4. The summed E-state index contributed by atoms with van der Waals surface area (Å²) >= 11 is 0. The summed E-state index contributed by atoms with van der Waals surface area (Å²) < 4.78 is 51.3. The molecule has 0 aliphatic carbocycles. The molecule has 1 aromatic heterocycles. The first-order valence-electron chi connectivity index (χ1n) is 9.77. The van der Waals surface area contributed by atoms with E-state index in [4.69, 9.17) is 0 Å². The molecule has 0 bridgehead atoms. The highest BCUT2D eigenvalue weighted by atomic mass is 19.4. The minimum absolute atomic E-state index is 0.0467. The minimum atomic E-state index is -5.12. The van der Waals surface area contributed by atoms with E-state index in [1.807, 2.05) is 6.92 Å². The van der Waals surface area contributed by atoms with Crippen LogP contribution in [0.4, 0.5) is 17.6 Å². The van der Waals surface area contributed by atoms with Crippen LogP contribution in [0.2, 0.25) is 0 Å². The van der Waals surface area contributed by atoms with Crippen molar-refractivity contribution in [3.63, 3.8) is 0 Å². The normalized spacial score (nSPS) is 15.0. The highest BCUT2D eigenvalue weighted by Crippen LogP contribution is 2.20. The Morgan fingerprint density at radius 3 is 2.47 bits per heavy atom. The predicted molar refractivity (Wildman–Crippen MR) is 103 cm³/mol. The number of aryl methyl sites for hydroxylation is 1. The molecule has 8 nitrogen and oxygen atoms in total. The Morgan fingerprint density at radius 1 is 1.16 bits per heavy atom. The number of rotatable bonds is 5. The minimum Gasteiger partial charge on any atom is -0.361 e. The van der Waals surface area contributed by atoms with Crippen LogP contribution >= 0.6 is 0 Å². The molecule has 0 spiro atoms. The Kier molecular flexibility index (Phi) is 6.92. The fourth-order valence-corrected chi connectivity index (χ4v) is 3.22. The predicted octanol–water partition coefficient (Wildman–Crippen LogP) is 1.84. The molecule has 32 heavy (non-hydrogen) atoms. The fraction of sp³-hybridized carbons (Fsp3) is 0.400. The number of carbonyl (C=O) groups excluding carboxylic acids is 2. The van der Waals surface area contributed by atoms with Crippen LogP contribution in [0.1, 0.15) is 34.1 Å². The molecule has 1 aliphatic rings. The Labute approximate surface area is 179 Å². The van der Waals surface area contributed by atoms with Crippen molar-refractivity contribution in [1.29, 1.82) is 0 Å². The highest BCUT2D eigenvalue weighted by Gasteiger charge is 2.43. The molecule has 12 heteroatoms. The van der Waals surface area contributed by atoms with Crippen molar-refractivity contribution >= 4 is 11.9 Å². The van der Waals surface area contributed by atoms with Gasteiger partial charge in [0.05, 0.1) is 24.3 Å². The van der Waals surface area contributed by atoms with E-state index in [9.17, 15) is 31.9 Å². The lowest BCUT2D eigenvalue weighted by Gasteiger charge is -2.33. The van der Waals surface area contributed by atoms with Crippen LogP contribution in [0.5, 0.6) is 0 Å². The van der Waals surface area contributed by atoms with Crippen LogP contribution in [0.3, 0.4) is 0 Å². The van der Waals surface area contributed by atoms with E-state index < -0.39 is 23.9 Å². The third-order valence-electron chi connectivity index (χ3n) is 4.93. The van der Waals surface area contributed by atoms with E-state index >= 15 is 0 Å². The average molecular weight is 456 g/mol. The standard InChI is InChI=1S/C20H20F4N4O4/c1-2-13-11-14(25-26-17(13)29)9-12-3-4-16(21)15(10-12)18(30)27-5-7-28(8-6-27)32-19(31)20(22,23)24/h3-4,10-11H,2,5-9H2,1H3,(H,26,29). The monoisotopic (exact) mass is 456 g/mol. The lowest BCUT2D eigenvalue weighted by molar-refractivity contribution is -0.241. The van der Waals surface area contributed by atoms with Crippen molar-refractivity contribution in [2.24, 2.45) is 0 Å². The van der Waals surface area contributed by atoms with Gasteiger partial charge in [0, 0.05) is 25.1 Å². The maximum absolute atomic E-state index is 14.3. The number of hydrogen-bond acceptors (Lipinski definition) is 6. The Balaban J connectivity index is 1.67. The Morgan fingerprint density at radius 2 is 1.84 bits per heavy atom. The summed E-state index contributed by atoms with van der Waals surface area (Å²) in [6.07, 6.45) is -4.34. The average Bonchev–Trinajstić information content (AvgIpc) is 2.75. The molecule has 1 aromatic carbocycles. The van der Waals surface area contributed by atoms with Crippen molar-refractivity contribution in [2.45, 2.75) is 25.9 Å². The van der Waals surface area contributed by atoms with Gasteiger partial charge >= 0.3 is 12.1 Å². The molecule has 1 aliphatic heterocycles. The van der Waals surface area contributed by atoms with Gasteiger partial charge in [-0.05, 0) is 30.2 Å². The van der Waals surface area contributed by atoms with Gasteiger partial charge in [0.15, 0.2) is 0 Å². The second kappa shape index (κ2) is 9.47. The van der Waals surface area contributed by atoms with Crippen molar-refractivity contribution in [3.05, 3.63) is 62.8 Å². The summed E-state index contributed by atoms with van der Waals surface area (Å²) in [6.45, 7) is 1.45. The van der Waals surface area contributed by atoms with Gasteiger partial charge in [-0.1, -0.05) is 13.0 Å². The van der Waals surface area contributed by atoms with Crippen molar-refractivity contribution in [2.75, 3.05) is 26.2 Å². The topological polar surface area (TPSA) is 95.6 Å². The highest BCUT2D eigenvalue weighted by molar-refractivity contribution is 5.94. The number of nitrogens with zero attached hydrogens (tertiary/aromatic N) is 3. The fourth-order valence-electron chi connectivity index (χ4n) is 3.22. The zero-order chi connectivity index (χ0) is 23.5. The van der Waals surface area contributed by atoms with Crippen LogP contribution in [-0.4, -0.2) is 64.4 Å². The van der Waals surface area contributed by atoms with Gasteiger partial charge in [0.1, 0.15) is 5.82 Å². The summed E-state index contributed by atoms with van der Waals surface area (Å²) in [5, 5.41) is 7.18. The van der Waals surface area contributed by atoms with Crippen molar-refractivity contribution < 1.29 is 32.0 Å². The number of aromatic nitrogens is 2. The molecule has 1 saturated heterocycles. The molecule has 0 saturated carbocycles. The SMILES string of the molecule is CCc1cc(Cc2ccc(F)c(C(=O)N3CCN(OC(=O)C(F)(F)F)CC3)c2)n[nH]c1=O. The molecule has 172 valence electrons. The van der Waals surface area contributed by atoms with Crippen LogP contribution in [0, 0.1) is 5.82 Å². The van der Waals surface area contributed by atoms with Crippen LogP contribution < -0.4 is 5.56 Å². The third-order valence-corrected chi connectivity index (χ3v) is 4.93. The molecule has 3 rings (SSSR count). The molecule has 0 atom stereocenters. The second-order valence-corrected chi connectivity index (χ2v) is 7.16. The second-order valence-electron chi connectivity index (χ2n) is 7.16. The van der Waals surface area contributed by atoms with Gasteiger partial charge in [-0.2, -0.15) is 18.3 Å².